The molecule has 0 heterocycles. The first kappa shape index (κ1) is 19.1. The molecule has 0 aromatic heterocycles. The van der Waals surface area contributed by atoms with Gasteiger partial charge in [-0.2, -0.15) is 0 Å². The van der Waals surface area contributed by atoms with Gasteiger partial charge in [-0.1, -0.05) is 46.6 Å². The molecule has 90 valence electrons. The van der Waals surface area contributed by atoms with Crippen molar-refractivity contribution >= 4 is 70.5 Å². The van der Waals surface area contributed by atoms with E-state index in [9.17, 15) is 0 Å². The fourth-order valence-corrected chi connectivity index (χ4v) is 1.60. The molecule has 2 rings (SSSR count). The minimum atomic E-state index is 0. The molecule has 0 aliphatic heterocycles. The standard InChI is InChI=1S/C12H8N6.2Na.2H/c13-17-15-11-5-1-3-9(7-11)10-4-2-6-12(8-10)16-18-14;;;;/h1-8H;;;;. The van der Waals surface area contributed by atoms with Crippen molar-refractivity contribution in [2.24, 2.45) is 10.2 Å². The number of benzene rings is 2. The van der Waals surface area contributed by atoms with E-state index in [0.29, 0.717) is 11.4 Å². The van der Waals surface area contributed by atoms with E-state index in [2.05, 4.69) is 20.1 Å². The fraction of sp³-hybridized carbons (Fsp3) is 0. The summed E-state index contributed by atoms with van der Waals surface area (Å²) < 4.78 is 0. The van der Waals surface area contributed by atoms with Gasteiger partial charge in [0, 0.05) is 21.2 Å². The first-order valence-corrected chi connectivity index (χ1v) is 5.14. The summed E-state index contributed by atoms with van der Waals surface area (Å²) in [5.41, 5.74) is 19.7. The molecule has 0 saturated carbocycles. The van der Waals surface area contributed by atoms with Crippen LogP contribution < -0.4 is 0 Å². The molecular weight excluding hydrogens is 274 g/mol. The molecule has 20 heavy (non-hydrogen) atoms. The summed E-state index contributed by atoms with van der Waals surface area (Å²) >= 11 is 0. The summed E-state index contributed by atoms with van der Waals surface area (Å²) in [4.78, 5) is 5.49. The Morgan fingerprint density at radius 3 is 1.45 bits per heavy atom. The molecule has 0 fully saturated rings. The predicted octanol–water partition coefficient (Wildman–Crippen LogP) is 3.94. The van der Waals surface area contributed by atoms with Crippen LogP contribution in [0.3, 0.4) is 0 Å². The monoisotopic (exact) mass is 284 g/mol. The summed E-state index contributed by atoms with van der Waals surface area (Å²) in [5, 5.41) is 7.10. The number of hydrogen-bond donors (Lipinski definition) is 0. The Labute approximate surface area is 160 Å². The zero-order chi connectivity index (χ0) is 12.8. The average molecular weight is 284 g/mol. The fourth-order valence-electron chi connectivity index (χ4n) is 1.60. The molecule has 0 atom stereocenters. The van der Waals surface area contributed by atoms with Gasteiger partial charge in [0.15, 0.2) is 0 Å². The van der Waals surface area contributed by atoms with E-state index in [0.717, 1.165) is 11.1 Å². The molecular formula is C12H10N6Na2. The summed E-state index contributed by atoms with van der Waals surface area (Å²) in [6.07, 6.45) is 0. The molecule has 0 bridgehead atoms. The zero-order valence-corrected chi connectivity index (χ0v) is 9.30. The van der Waals surface area contributed by atoms with Gasteiger partial charge >= 0.3 is 59.1 Å². The van der Waals surface area contributed by atoms with Crippen molar-refractivity contribution in [2.75, 3.05) is 0 Å². The van der Waals surface area contributed by atoms with E-state index in [4.69, 9.17) is 11.1 Å². The first-order valence-electron chi connectivity index (χ1n) is 5.14. The van der Waals surface area contributed by atoms with Crippen LogP contribution in [0.25, 0.3) is 32.0 Å². The van der Waals surface area contributed by atoms with Gasteiger partial charge in [0.1, 0.15) is 0 Å². The van der Waals surface area contributed by atoms with Gasteiger partial charge in [-0.25, -0.2) is 0 Å². The third-order valence-electron chi connectivity index (χ3n) is 2.35. The van der Waals surface area contributed by atoms with Crippen molar-refractivity contribution in [1.29, 1.82) is 0 Å². The van der Waals surface area contributed by atoms with Crippen molar-refractivity contribution in [1.82, 2.24) is 0 Å². The van der Waals surface area contributed by atoms with Gasteiger partial charge in [0.05, 0.1) is 0 Å². The minimum absolute atomic E-state index is 0. The molecule has 2 aromatic carbocycles. The molecule has 0 radical (unpaired) electrons. The van der Waals surface area contributed by atoms with E-state index in [1.165, 1.54) is 0 Å². The van der Waals surface area contributed by atoms with Crippen LogP contribution in [0.5, 0.6) is 0 Å². The van der Waals surface area contributed by atoms with Gasteiger partial charge < -0.3 is 0 Å². The van der Waals surface area contributed by atoms with Crippen LogP contribution in [0.2, 0.25) is 0 Å². The molecule has 8 heteroatoms. The molecule has 0 spiro atoms. The van der Waals surface area contributed by atoms with Crippen molar-refractivity contribution in [2.45, 2.75) is 0 Å². The van der Waals surface area contributed by atoms with Crippen molar-refractivity contribution < 1.29 is 0 Å². The second-order valence-electron chi connectivity index (χ2n) is 3.48. The summed E-state index contributed by atoms with van der Waals surface area (Å²) in [6, 6.07) is 14.4. The number of nitrogens with zero attached hydrogens (tertiary/aromatic N) is 6. The number of hydrogen-bond acceptors (Lipinski definition) is 2. The van der Waals surface area contributed by atoms with Gasteiger partial charge in [-0.05, 0) is 34.3 Å². The Hall–Kier alpha value is -0.940. The summed E-state index contributed by atoms with van der Waals surface area (Å²) in [5.74, 6) is 0. The van der Waals surface area contributed by atoms with E-state index < -0.39 is 0 Å². The van der Waals surface area contributed by atoms with Crippen LogP contribution in [-0.2, 0) is 0 Å². The quantitative estimate of drug-likeness (QED) is 0.353. The SMILES string of the molecule is [N-]=[N+]=Nc1cccc(-c2cccc(N=[N+]=[N-])c2)c1.[NaH].[NaH]. The Bertz CT molecular complexity index is 616. The average Bonchev–Trinajstić information content (AvgIpc) is 2.40. The van der Waals surface area contributed by atoms with Crippen LogP contribution in [0, 0.1) is 0 Å². The number of rotatable bonds is 3. The van der Waals surface area contributed by atoms with Crippen molar-refractivity contribution in [3.8, 4) is 11.1 Å². The second kappa shape index (κ2) is 9.88. The van der Waals surface area contributed by atoms with E-state index in [1.54, 1.807) is 36.4 Å². The normalized spacial score (nSPS) is 8.20. The first-order chi connectivity index (χ1) is 8.83. The second-order valence-corrected chi connectivity index (χ2v) is 3.48. The van der Waals surface area contributed by atoms with E-state index in [1.807, 2.05) is 12.1 Å². The van der Waals surface area contributed by atoms with Crippen molar-refractivity contribution in [3.63, 3.8) is 0 Å². The maximum atomic E-state index is 8.40. The molecule has 0 aliphatic rings. The molecule has 0 saturated heterocycles. The van der Waals surface area contributed by atoms with E-state index in [-0.39, 0.29) is 59.1 Å². The molecule has 0 amide bonds. The third kappa shape index (κ3) is 5.21. The summed E-state index contributed by atoms with van der Waals surface area (Å²) in [7, 11) is 0. The van der Waals surface area contributed by atoms with Gasteiger partial charge in [0.2, 0.25) is 0 Å². The maximum absolute atomic E-state index is 8.40. The molecule has 0 unspecified atom stereocenters. The Balaban J connectivity index is 0.00000180. The van der Waals surface area contributed by atoms with Crippen LogP contribution in [0.15, 0.2) is 58.8 Å². The molecule has 2 aromatic rings. The molecule has 6 nitrogen and oxygen atoms in total. The molecule has 0 aliphatic carbocycles. The third-order valence-corrected chi connectivity index (χ3v) is 2.35. The molecule has 0 N–H and O–H groups in total. The van der Waals surface area contributed by atoms with Crippen LogP contribution in [-0.4, -0.2) is 59.1 Å². The zero-order valence-electron chi connectivity index (χ0n) is 9.30. The Morgan fingerprint density at radius 1 is 0.700 bits per heavy atom. The van der Waals surface area contributed by atoms with E-state index >= 15 is 0 Å². The van der Waals surface area contributed by atoms with Gasteiger partial charge in [-0.3, -0.25) is 0 Å². The Morgan fingerprint density at radius 2 is 1.10 bits per heavy atom. The van der Waals surface area contributed by atoms with Crippen molar-refractivity contribution in [3.05, 3.63) is 69.4 Å². The number of azide groups is 2. The van der Waals surface area contributed by atoms with Gasteiger partial charge in [0.25, 0.3) is 0 Å². The predicted molar refractivity (Wildman–Crippen MR) is 83.8 cm³/mol. The van der Waals surface area contributed by atoms with Crippen LogP contribution in [0.1, 0.15) is 0 Å². The van der Waals surface area contributed by atoms with Crippen LogP contribution >= 0.6 is 0 Å². The Kier molecular flexibility index (Phi) is 9.42. The van der Waals surface area contributed by atoms with Gasteiger partial charge in [-0.15, -0.1) is 0 Å². The van der Waals surface area contributed by atoms with Crippen LogP contribution in [0.4, 0.5) is 11.4 Å². The topological polar surface area (TPSA) is 97.5 Å². The summed E-state index contributed by atoms with van der Waals surface area (Å²) in [6.45, 7) is 0.